The number of fused-ring (bicyclic) bond motifs is 1. The molecule has 1 aromatic rings. The number of halogens is 2. The zero-order valence-electron chi connectivity index (χ0n) is 11.4. The largest absolute Gasteiger partial charge is 0.481 e. The summed E-state index contributed by atoms with van der Waals surface area (Å²) in [5.41, 5.74) is 1.15. The summed E-state index contributed by atoms with van der Waals surface area (Å²) in [6, 6.07) is 4.03. The third kappa shape index (κ3) is 3.62. The second kappa shape index (κ2) is 6.85. The van der Waals surface area contributed by atoms with Gasteiger partial charge < -0.3 is 14.6 Å². The van der Waals surface area contributed by atoms with Crippen molar-refractivity contribution in [1.82, 2.24) is 4.90 Å². The lowest BCUT2D eigenvalue weighted by atomic mass is 9.97. The van der Waals surface area contributed by atoms with Crippen molar-refractivity contribution in [2.45, 2.75) is 19.4 Å². The number of hydrogen-bond acceptors (Lipinski definition) is 4. The fourth-order valence-electron chi connectivity index (χ4n) is 2.71. The highest BCUT2D eigenvalue weighted by molar-refractivity contribution is 9.10. The highest BCUT2D eigenvalue weighted by atomic mass is 79.9. The van der Waals surface area contributed by atoms with Gasteiger partial charge in [0.2, 0.25) is 6.79 Å². The topological polar surface area (TPSA) is 59.0 Å². The van der Waals surface area contributed by atoms with Gasteiger partial charge in [-0.05, 0) is 59.6 Å². The van der Waals surface area contributed by atoms with Crippen molar-refractivity contribution in [3.05, 3.63) is 22.2 Å². The number of nitrogens with zero attached hydrogens (tertiary/aromatic N) is 1. The molecular formula is C14H17BrClNO4. The first-order valence-corrected chi connectivity index (χ1v) is 7.46. The first-order valence-electron chi connectivity index (χ1n) is 6.66. The number of carboxylic acid groups (broad SMARTS) is 1. The van der Waals surface area contributed by atoms with Crippen LogP contribution < -0.4 is 9.47 Å². The Morgan fingerprint density at radius 3 is 2.71 bits per heavy atom. The Hall–Kier alpha value is -0.980. The van der Waals surface area contributed by atoms with Crippen LogP contribution in [-0.4, -0.2) is 35.9 Å². The highest BCUT2D eigenvalue weighted by Crippen LogP contribution is 2.40. The summed E-state index contributed by atoms with van der Waals surface area (Å²) in [6.45, 7) is 2.72. The van der Waals surface area contributed by atoms with Gasteiger partial charge in [-0.2, -0.15) is 0 Å². The van der Waals surface area contributed by atoms with E-state index >= 15 is 0 Å². The van der Waals surface area contributed by atoms with Crippen molar-refractivity contribution < 1.29 is 19.4 Å². The summed E-state index contributed by atoms with van der Waals surface area (Å²) in [5.74, 6) is 0.679. The van der Waals surface area contributed by atoms with Crippen LogP contribution in [0.2, 0.25) is 0 Å². The number of rotatable bonds is 3. The molecule has 0 saturated carbocycles. The minimum absolute atomic E-state index is 0. The van der Waals surface area contributed by atoms with Gasteiger partial charge in [0.15, 0.2) is 11.5 Å². The van der Waals surface area contributed by atoms with Crippen LogP contribution >= 0.6 is 28.3 Å². The van der Waals surface area contributed by atoms with Crippen LogP contribution in [0.3, 0.4) is 0 Å². The summed E-state index contributed by atoms with van der Waals surface area (Å²) < 4.78 is 11.7. The van der Waals surface area contributed by atoms with E-state index in [1.165, 1.54) is 0 Å². The van der Waals surface area contributed by atoms with Gasteiger partial charge in [-0.3, -0.25) is 9.69 Å². The molecule has 7 heteroatoms. The smallest absolute Gasteiger partial charge is 0.306 e. The molecule has 0 bridgehead atoms. The Bertz CT molecular complexity index is 532. The summed E-state index contributed by atoms with van der Waals surface area (Å²) in [4.78, 5) is 13.2. The number of ether oxygens (including phenoxy) is 2. The van der Waals surface area contributed by atoms with Gasteiger partial charge in [0.05, 0.1) is 10.4 Å². The second-order valence-corrected chi connectivity index (χ2v) is 6.05. The number of carbonyl (C=O) groups is 1. The molecule has 1 saturated heterocycles. The molecule has 3 rings (SSSR count). The Balaban J connectivity index is 0.00000161. The van der Waals surface area contributed by atoms with Crippen LogP contribution in [0.15, 0.2) is 16.6 Å². The maximum atomic E-state index is 10.9. The van der Waals surface area contributed by atoms with Crippen LogP contribution in [0.5, 0.6) is 11.5 Å². The third-order valence-corrected chi connectivity index (χ3v) is 4.42. The van der Waals surface area contributed by atoms with E-state index in [0.29, 0.717) is 0 Å². The SMILES string of the molecule is Cl.O=C(O)C1CCN(Cc2cc(Br)c3c(c2)OCO3)CC1. The molecule has 0 aliphatic carbocycles. The number of hydrogen-bond donors (Lipinski definition) is 1. The van der Waals surface area contributed by atoms with E-state index in [0.717, 1.165) is 54.0 Å². The number of aliphatic carboxylic acids is 1. The van der Waals surface area contributed by atoms with Crippen molar-refractivity contribution in [3.8, 4) is 11.5 Å². The van der Waals surface area contributed by atoms with E-state index in [-0.39, 0.29) is 25.1 Å². The molecule has 2 aliphatic rings. The summed E-state index contributed by atoms with van der Waals surface area (Å²) in [6.07, 6.45) is 1.45. The number of likely N-dealkylation sites (tertiary alicyclic amines) is 1. The Kier molecular flexibility index (Phi) is 5.35. The molecule has 2 heterocycles. The van der Waals surface area contributed by atoms with Crippen molar-refractivity contribution in [1.29, 1.82) is 0 Å². The Morgan fingerprint density at radius 1 is 1.33 bits per heavy atom. The van der Waals surface area contributed by atoms with E-state index in [4.69, 9.17) is 14.6 Å². The van der Waals surface area contributed by atoms with Gasteiger partial charge in [-0.15, -0.1) is 12.4 Å². The van der Waals surface area contributed by atoms with Crippen LogP contribution in [0, 0.1) is 5.92 Å². The molecule has 0 atom stereocenters. The standard InChI is InChI=1S/C14H16BrNO4.ClH/c15-11-5-9(6-12-13(11)20-8-19-12)7-16-3-1-10(2-4-16)14(17)18;/h5-6,10H,1-4,7-8H2,(H,17,18);1H. The number of benzene rings is 1. The van der Waals surface area contributed by atoms with Crippen LogP contribution in [0.4, 0.5) is 0 Å². The van der Waals surface area contributed by atoms with Crippen molar-refractivity contribution in [2.75, 3.05) is 19.9 Å². The molecule has 1 fully saturated rings. The monoisotopic (exact) mass is 377 g/mol. The maximum absolute atomic E-state index is 10.9. The molecule has 0 radical (unpaired) electrons. The first kappa shape index (κ1) is 16.4. The zero-order valence-corrected chi connectivity index (χ0v) is 13.8. The molecule has 0 unspecified atom stereocenters. The Labute approximate surface area is 137 Å². The fraction of sp³-hybridized carbons (Fsp3) is 0.500. The lowest BCUT2D eigenvalue weighted by Crippen LogP contribution is -2.35. The quantitative estimate of drug-likeness (QED) is 0.876. The van der Waals surface area contributed by atoms with Crippen LogP contribution in [0.1, 0.15) is 18.4 Å². The lowest BCUT2D eigenvalue weighted by Gasteiger charge is -2.30. The molecule has 21 heavy (non-hydrogen) atoms. The third-order valence-electron chi connectivity index (χ3n) is 3.83. The van der Waals surface area contributed by atoms with Crippen LogP contribution in [0.25, 0.3) is 0 Å². The van der Waals surface area contributed by atoms with Crippen molar-refractivity contribution in [2.24, 2.45) is 5.92 Å². The summed E-state index contributed by atoms with van der Waals surface area (Å²) in [7, 11) is 0. The molecule has 5 nitrogen and oxygen atoms in total. The molecule has 0 aromatic heterocycles. The summed E-state index contributed by atoms with van der Waals surface area (Å²) in [5, 5.41) is 9.00. The number of piperidine rings is 1. The molecule has 0 amide bonds. The van der Waals surface area contributed by atoms with Gasteiger partial charge in [0.1, 0.15) is 0 Å². The predicted molar refractivity (Wildman–Crippen MR) is 83.1 cm³/mol. The van der Waals surface area contributed by atoms with Gasteiger partial charge in [-0.1, -0.05) is 0 Å². The maximum Gasteiger partial charge on any atom is 0.306 e. The van der Waals surface area contributed by atoms with Crippen molar-refractivity contribution >= 4 is 34.3 Å². The average molecular weight is 379 g/mol. The minimum atomic E-state index is -0.671. The van der Waals surface area contributed by atoms with Gasteiger partial charge in [0.25, 0.3) is 0 Å². The predicted octanol–water partition coefficient (Wildman–Crippen LogP) is 2.90. The molecule has 0 spiro atoms. The first-order chi connectivity index (χ1) is 9.63. The Morgan fingerprint density at radius 2 is 2.05 bits per heavy atom. The average Bonchev–Trinajstić information content (AvgIpc) is 2.88. The van der Waals surface area contributed by atoms with Gasteiger partial charge >= 0.3 is 5.97 Å². The molecule has 1 aromatic carbocycles. The van der Waals surface area contributed by atoms with E-state index in [2.05, 4.69) is 20.8 Å². The van der Waals surface area contributed by atoms with Crippen LogP contribution in [-0.2, 0) is 11.3 Å². The molecule has 1 N–H and O–H groups in total. The number of carboxylic acids is 1. The highest BCUT2D eigenvalue weighted by Gasteiger charge is 2.25. The normalized spacial score (nSPS) is 18.3. The van der Waals surface area contributed by atoms with E-state index in [1.807, 2.05) is 12.1 Å². The second-order valence-electron chi connectivity index (χ2n) is 5.20. The van der Waals surface area contributed by atoms with E-state index < -0.39 is 5.97 Å². The lowest BCUT2D eigenvalue weighted by molar-refractivity contribution is -0.143. The van der Waals surface area contributed by atoms with Gasteiger partial charge in [0, 0.05) is 6.54 Å². The molecule has 116 valence electrons. The fourth-order valence-corrected chi connectivity index (χ4v) is 3.31. The zero-order chi connectivity index (χ0) is 14.1. The molecule has 2 aliphatic heterocycles. The minimum Gasteiger partial charge on any atom is -0.481 e. The summed E-state index contributed by atoms with van der Waals surface area (Å²) >= 11 is 3.49. The van der Waals surface area contributed by atoms with E-state index in [1.54, 1.807) is 0 Å². The molecular weight excluding hydrogens is 362 g/mol. The van der Waals surface area contributed by atoms with Gasteiger partial charge in [-0.25, -0.2) is 0 Å². The van der Waals surface area contributed by atoms with E-state index in [9.17, 15) is 4.79 Å². The van der Waals surface area contributed by atoms with Crippen molar-refractivity contribution in [3.63, 3.8) is 0 Å².